The van der Waals surface area contributed by atoms with E-state index in [0.29, 0.717) is 9.75 Å². The van der Waals surface area contributed by atoms with E-state index >= 15 is 0 Å². The maximum atomic E-state index is 13.1. The zero-order valence-electron chi connectivity index (χ0n) is 20.8. The number of carboxylic acids is 1. The summed E-state index contributed by atoms with van der Waals surface area (Å²) in [6.45, 7) is 7.91. The van der Waals surface area contributed by atoms with Gasteiger partial charge in [-0.3, -0.25) is 9.59 Å². The van der Waals surface area contributed by atoms with Crippen LogP contribution in [0.1, 0.15) is 70.5 Å². The van der Waals surface area contributed by atoms with Gasteiger partial charge in [0, 0.05) is 19.6 Å². The second kappa shape index (κ2) is 12.2. The van der Waals surface area contributed by atoms with E-state index < -0.39 is 17.9 Å². The second-order valence-electron chi connectivity index (χ2n) is 9.83. The van der Waals surface area contributed by atoms with Crippen molar-refractivity contribution in [2.24, 2.45) is 11.8 Å². The topological polar surface area (TPSA) is 124 Å². The van der Waals surface area contributed by atoms with Crippen molar-refractivity contribution in [2.45, 2.75) is 51.5 Å². The van der Waals surface area contributed by atoms with Gasteiger partial charge < -0.3 is 26.0 Å². The number of aromatic nitrogens is 1. The van der Waals surface area contributed by atoms with Crippen LogP contribution in [0.4, 0.5) is 5.13 Å². The first kappa shape index (κ1) is 26.6. The van der Waals surface area contributed by atoms with Gasteiger partial charge in [-0.05, 0) is 68.0 Å². The quantitative estimate of drug-likeness (QED) is 0.390. The van der Waals surface area contributed by atoms with Crippen molar-refractivity contribution in [1.82, 2.24) is 20.9 Å². The van der Waals surface area contributed by atoms with Crippen molar-refractivity contribution in [3.8, 4) is 0 Å². The Morgan fingerprint density at radius 2 is 1.83 bits per heavy atom. The number of hydrogen-bond acceptors (Lipinski definition) is 8. The molecule has 0 aromatic carbocycles. The van der Waals surface area contributed by atoms with Crippen LogP contribution in [0.5, 0.6) is 0 Å². The SMILES string of the molecule is CC(C)c1nc(N2CCC(C3CCNCC3)CC2)sc1C(=O)NCC(NC(=O)c1cccs1)C(=O)O. The van der Waals surface area contributed by atoms with Crippen molar-refractivity contribution in [1.29, 1.82) is 0 Å². The van der Waals surface area contributed by atoms with Gasteiger partial charge in [-0.25, -0.2) is 9.78 Å². The zero-order valence-corrected chi connectivity index (χ0v) is 22.4. The highest BCUT2D eigenvalue weighted by Gasteiger charge is 2.30. The largest absolute Gasteiger partial charge is 0.480 e. The van der Waals surface area contributed by atoms with Crippen molar-refractivity contribution in [2.75, 3.05) is 37.6 Å². The fourth-order valence-corrected chi connectivity index (χ4v) is 6.82. The van der Waals surface area contributed by atoms with Crippen LogP contribution in [0.15, 0.2) is 17.5 Å². The highest BCUT2D eigenvalue weighted by Crippen LogP contribution is 2.36. The van der Waals surface area contributed by atoms with Gasteiger partial charge in [0.05, 0.1) is 10.6 Å². The Hall–Kier alpha value is -2.50. The average molecular weight is 534 g/mol. The van der Waals surface area contributed by atoms with Gasteiger partial charge in [0.15, 0.2) is 5.13 Å². The number of amides is 2. The predicted octanol–water partition coefficient (Wildman–Crippen LogP) is 3.16. The smallest absolute Gasteiger partial charge is 0.328 e. The molecule has 2 aromatic rings. The van der Waals surface area contributed by atoms with Gasteiger partial charge in [-0.1, -0.05) is 31.3 Å². The van der Waals surface area contributed by atoms with Crippen LogP contribution in [-0.4, -0.2) is 66.6 Å². The Morgan fingerprint density at radius 1 is 1.14 bits per heavy atom. The van der Waals surface area contributed by atoms with E-state index in [-0.39, 0.29) is 18.4 Å². The molecule has 196 valence electrons. The molecule has 11 heteroatoms. The lowest BCUT2D eigenvalue weighted by Crippen LogP contribution is -2.48. The lowest BCUT2D eigenvalue weighted by molar-refractivity contribution is -0.139. The predicted molar refractivity (Wildman–Crippen MR) is 142 cm³/mol. The Morgan fingerprint density at radius 3 is 2.44 bits per heavy atom. The average Bonchev–Trinajstić information content (AvgIpc) is 3.58. The van der Waals surface area contributed by atoms with Gasteiger partial charge in [0.25, 0.3) is 11.8 Å². The summed E-state index contributed by atoms with van der Waals surface area (Å²) in [5, 5.41) is 20.8. The second-order valence-corrected chi connectivity index (χ2v) is 11.8. The molecular weight excluding hydrogens is 498 g/mol. The Kier molecular flexibility index (Phi) is 8.97. The van der Waals surface area contributed by atoms with Crippen LogP contribution in [0.2, 0.25) is 0 Å². The van der Waals surface area contributed by atoms with E-state index in [0.717, 1.165) is 61.7 Å². The number of hydrogen-bond donors (Lipinski definition) is 4. The summed E-state index contributed by atoms with van der Waals surface area (Å²) in [7, 11) is 0. The molecule has 4 rings (SSSR count). The minimum Gasteiger partial charge on any atom is -0.480 e. The van der Waals surface area contributed by atoms with E-state index in [4.69, 9.17) is 4.98 Å². The molecule has 4 N–H and O–H groups in total. The van der Waals surface area contributed by atoms with Gasteiger partial charge in [-0.2, -0.15) is 0 Å². The summed E-state index contributed by atoms with van der Waals surface area (Å²) < 4.78 is 0. The molecule has 2 saturated heterocycles. The number of carbonyl (C=O) groups excluding carboxylic acids is 2. The molecule has 2 aromatic heterocycles. The number of aliphatic carboxylic acids is 1. The number of anilines is 1. The fraction of sp³-hybridized carbons (Fsp3) is 0.600. The van der Waals surface area contributed by atoms with Crippen molar-refractivity contribution in [3.05, 3.63) is 33.0 Å². The number of rotatable bonds is 9. The summed E-state index contributed by atoms with van der Waals surface area (Å²) in [4.78, 5) is 45.1. The summed E-state index contributed by atoms with van der Waals surface area (Å²) in [6.07, 6.45) is 4.81. The summed E-state index contributed by atoms with van der Waals surface area (Å²) >= 11 is 2.60. The molecule has 0 radical (unpaired) electrons. The lowest BCUT2D eigenvalue weighted by atomic mass is 9.79. The summed E-state index contributed by atoms with van der Waals surface area (Å²) in [6, 6.07) is 2.12. The molecule has 0 spiro atoms. The molecule has 36 heavy (non-hydrogen) atoms. The summed E-state index contributed by atoms with van der Waals surface area (Å²) in [5.41, 5.74) is 0.725. The van der Waals surface area contributed by atoms with Crippen LogP contribution < -0.4 is 20.9 Å². The minimum atomic E-state index is -1.23. The molecule has 1 unspecified atom stereocenters. The molecule has 0 bridgehead atoms. The number of piperidine rings is 2. The van der Waals surface area contributed by atoms with E-state index in [1.54, 1.807) is 17.5 Å². The lowest BCUT2D eigenvalue weighted by Gasteiger charge is -2.37. The number of thiazole rings is 1. The normalized spacial score (nSPS) is 18.2. The molecule has 0 saturated carbocycles. The van der Waals surface area contributed by atoms with E-state index in [1.165, 1.54) is 35.5 Å². The third kappa shape index (κ3) is 6.43. The molecule has 1 atom stereocenters. The zero-order chi connectivity index (χ0) is 25.7. The van der Waals surface area contributed by atoms with Gasteiger partial charge in [0.1, 0.15) is 10.9 Å². The third-order valence-corrected chi connectivity index (χ3v) is 9.07. The van der Waals surface area contributed by atoms with Gasteiger partial charge >= 0.3 is 5.97 Å². The monoisotopic (exact) mass is 533 g/mol. The van der Waals surface area contributed by atoms with Gasteiger partial charge in [0.2, 0.25) is 0 Å². The maximum Gasteiger partial charge on any atom is 0.328 e. The van der Waals surface area contributed by atoms with E-state index in [1.807, 2.05) is 13.8 Å². The van der Waals surface area contributed by atoms with Crippen LogP contribution >= 0.6 is 22.7 Å². The first-order valence-corrected chi connectivity index (χ1v) is 14.3. The number of carbonyl (C=O) groups is 3. The molecule has 9 nitrogen and oxygen atoms in total. The molecule has 2 aliphatic heterocycles. The Balaban J connectivity index is 1.37. The standard InChI is InChI=1S/C25H35N5O4S2/c1-15(2)20-21(23(32)27-14-18(24(33)34)28-22(31)19-4-3-13-35-19)36-25(29-20)30-11-7-17(8-12-30)16-5-9-26-10-6-16/h3-4,13,15-18,26H,5-12,14H2,1-2H3,(H,27,32)(H,28,31)(H,33,34). The number of thiophene rings is 1. The van der Waals surface area contributed by atoms with Crippen LogP contribution in [0.3, 0.4) is 0 Å². The molecule has 2 fully saturated rings. The van der Waals surface area contributed by atoms with E-state index in [2.05, 4.69) is 20.9 Å². The highest BCUT2D eigenvalue weighted by atomic mass is 32.1. The minimum absolute atomic E-state index is 0.0526. The van der Waals surface area contributed by atoms with Crippen LogP contribution in [0.25, 0.3) is 0 Å². The van der Waals surface area contributed by atoms with Crippen molar-refractivity contribution in [3.63, 3.8) is 0 Å². The number of carboxylic acid groups (broad SMARTS) is 1. The molecule has 2 aliphatic rings. The van der Waals surface area contributed by atoms with Crippen LogP contribution in [0, 0.1) is 11.8 Å². The fourth-order valence-electron chi connectivity index (χ4n) is 5.00. The first-order valence-electron chi connectivity index (χ1n) is 12.6. The van der Waals surface area contributed by atoms with Crippen molar-refractivity contribution < 1.29 is 19.5 Å². The van der Waals surface area contributed by atoms with E-state index in [9.17, 15) is 19.5 Å². The third-order valence-electron chi connectivity index (χ3n) is 7.07. The molecule has 4 heterocycles. The first-order chi connectivity index (χ1) is 17.3. The van der Waals surface area contributed by atoms with Crippen LogP contribution in [-0.2, 0) is 4.79 Å². The number of nitrogens with zero attached hydrogens (tertiary/aromatic N) is 2. The van der Waals surface area contributed by atoms with Crippen molar-refractivity contribution >= 4 is 45.6 Å². The number of nitrogens with one attached hydrogen (secondary N) is 3. The maximum absolute atomic E-state index is 13.1. The molecule has 2 amide bonds. The van der Waals surface area contributed by atoms with Gasteiger partial charge in [-0.15, -0.1) is 11.3 Å². The molecule has 0 aliphatic carbocycles. The Labute approximate surface area is 219 Å². The molecular formula is C25H35N5O4S2. The summed E-state index contributed by atoms with van der Waals surface area (Å²) in [5.74, 6) is -0.415. The highest BCUT2D eigenvalue weighted by molar-refractivity contribution is 7.17. The Bertz CT molecular complexity index is 1040.